The van der Waals surface area contributed by atoms with Crippen LogP contribution in [0.3, 0.4) is 0 Å². The Bertz CT molecular complexity index is 1090. The highest BCUT2D eigenvalue weighted by molar-refractivity contribution is 9.10. The largest absolute Gasteiger partial charge is 0.473 e. The molecule has 1 aromatic heterocycles. The molecule has 1 atom stereocenters. The fourth-order valence-corrected chi connectivity index (χ4v) is 4.03. The number of aromatic nitrogens is 1. The average molecular weight is 477 g/mol. The summed E-state index contributed by atoms with van der Waals surface area (Å²) in [6.07, 6.45) is 0. The zero-order valence-corrected chi connectivity index (χ0v) is 17.5. The molecule has 148 valence electrons. The third-order valence-corrected chi connectivity index (χ3v) is 6.18. The summed E-state index contributed by atoms with van der Waals surface area (Å²) < 4.78 is 26.2. The molecule has 1 N–H and O–H groups in total. The average Bonchev–Trinajstić information content (AvgIpc) is 3.04. The van der Waals surface area contributed by atoms with Crippen LogP contribution in [0.25, 0.3) is 5.57 Å². The second-order valence-electron chi connectivity index (χ2n) is 6.56. The quantitative estimate of drug-likeness (QED) is 0.494. The predicted molar refractivity (Wildman–Crippen MR) is 113 cm³/mol. The van der Waals surface area contributed by atoms with E-state index in [4.69, 9.17) is 21.1 Å². The minimum Gasteiger partial charge on any atom is -0.473 e. The Hall–Kier alpha value is -2.41. The van der Waals surface area contributed by atoms with Crippen molar-refractivity contribution in [3.8, 4) is 11.6 Å². The number of hydrogen-bond acceptors (Lipinski definition) is 4. The zero-order chi connectivity index (χ0) is 20.6. The lowest BCUT2D eigenvalue weighted by atomic mass is 9.89. The number of nitrogens with zero attached hydrogens (tertiary/aromatic N) is 1. The Morgan fingerprint density at radius 2 is 1.97 bits per heavy atom. The van der Waals surface area contributed by atoms with Crippen LogP contribution in [0.5, 0.6) is 11.6 Å². The van der Waals surface area contributed by atoms with Crippen molar-refractivity contribution in [3.63, 3.8) is 0 Å². The predicted octanol–water partition coefficient (Wildman–Crippen LogP) is 5.51. The van der Waals surface area contributed by atoms with Crippen molar-refractivity contribution in [2.24, 2.45) is 0 Å². The van der Waals surface area contributed by atoms with Crippen LogP contribution in [0.2, 0.25) is 5.02 Å². The first-order chi connectivity index (χ1) is 14.0. The highest BCUT2D eigenvalue weighted by Crippen LogP contribution is 2.53. The second-order valence-corrected chi connectivity index (χ2v) is 7.73. The number of hydrogen-bond donors (Lipinski definition) is 1. The van der Waals surface area contributed by atoms with E-state index < -0.39 is 18.0 Å². The van der Waals surface area contributed by atoms with Crippen molar-refractivity contribution in [1.29, 1.82) is 0 Å². The van der Waals surface area contributed by atoms with E-state index in [9.17, 15) is 9.50 Å². The van der Waals surface area contributed by atoms with Gasteiger partial charge in [0.15, 0.2) is 5.60 Å². The maximum Gasteiger partial charge on any atom is 0.213 e. The Morgan fingerprint density at radius 3 is 2.69 bits per heavy atom. The normalized spacial score (nSPS) is 17.7. The molecule has 2 heterocycles. The van der Waals surface area contributed by atoms with Gasteiger partial charge in [0.05, 0.1) is 21.8 Å². The zero-order valence-electron chi connectivity index (χ0n) is 15.2. The number of fused-ring (bicyclic) bond motifs is 1. The first kappa shape index (κ1) is 19.9. The molecular weight excluding hydrogens is 461 g/mol. The lowest BCUT2D eigenvalue weighted by molar-refractivity contribution is 0.0635. The van der Waals surface area contributed by atoms with Crippen LogP contribution in [0.4, 0.5) is 4.39 Å². The number of aliphatic hydroxyl groups excluding tert-OH is 1. The summed E-state index contributed by atoms with van der Waals surface area (Å²) in [5, 5.41) is 10.2. The number of benzene rings is 2. The van der Waals surface area contributed by atoms with Crippen LogP contribution in [0, 0.1) is 5.82 Å². The summed E-state index contributed by atoms with van der Waals surface area (Å²) in [4.78, 5) is 4.51. The molecular formula is C22H16BrClFNO3. The maximum atomic E-state index is 14.1. The van der Waals surface area contributed by atoms with Crippen LogP contribution in [0.15, 0.2) is 65.6 Å². The second kappa shape index (κ2) is 7.78. The molecule has 2 aromatic carbocycles. The summed E-state index contributed by atoms with van der Waals surface area (Å²) in [7, 11) is 0. The van der Waals surface area contributed by atoms with Crippen molar-refractivity contribution in [3.05, 3.63) is 93.3 Å². The first-order valence-corrected chi connectivity index (χ1v) is 9.95. The molecule has 3 aromatic rings. The summed E-state index contributed by atoms with van der Waals surface area (Å²) in [6.45, 7) is 3.98. The SMILES string of the molecule is C=C1c2c(cc(F)c(Cl)c2Br)OC1(CO)c1cccc(OCc2ccccc2)n1. The van der Waals surface area contributed by atoms with E-state index >= 15 is 0 Å². The fraction of sp³-hybridized carbons (Fsp3) is 0.136. The number of aliphatic hydroxyl groups is 1. The Kier molecular flexibility index (Phi) is 5.34. The molecule has 1 unspecified atom stereocenters. The van der Waals surface area contributed by atoms with E-state index in [0.29, 0.717) is 33.8 Å². The Morgan fingerprint density at radius 1 is 1.21 bits per heavy atom. The topological polar surface area (TPSA) is 51.6 Å². The number of rotatable bonds is 5. The highest BCUT2D eigenvalue weighted by Gasteiger charge is 2.47. The molecule has 0 radical (unpaired) electrons. The van der Waals surface area contributed by atoms with Gasteiger partial charge in [-0.05, 0) is 27.6 Å². The molecule has 0 aliphatic carbocycles. The van der Waals surface area contributed by atoms with Gasteiger partial charge in [0, 0.05) is 23.3 Å². The van der Waals surface area contributed by atoms with Gasteiger partial charge in [-0.15, -0.1) is 0 Å². The Labute approximate surface area is 180 Å². The van der Waals surface area contributed by atoms with Gasteiger partial charge in [0.2, 0.25) is 5.88 Å². The molecule has 29 heavy (non-hydrogen) atoms. The summed E-state index contributed by atoms with van der Waals surface area (Å²) in [6, 6.07) is 16.0. The Balaban J connectivity index is 1.68. The van der Waals surface area contributed by atoms with E-state index in [-0.39, 0.29) is 10.8 Å². The molecule has 1 aliphatic rings. The number of ether oxygens (including phenoxy) is 2. The summed E-state index contributed by atoms with van der Waals surface area (Å²) in [5.41, 5.74) is 0.961. The monoisotopic (exact) mass is 475 g/mol. The molecule has 0 saturated heterocycles. The number of pyridine rings is 1. The van der Waals surface area contributed by atoms with Crippen molar-refractivity contribution >= 4 is 33.1 Å². The minimum absolute atomic E-state index is 0.0739. The molecule has 1 aliphatic heterocycles. The smallest absolute Gasteiger partial charge is 0.213 e. The van der Waals surface area contributed by atoms with Gasteiger partial charge in [-0.3, -0.25) is 0 Å². The highest BCUT2D eigenvalue weighted by atomic mass is 79.9. The molecule has 0 spiro atoms. The van der Waals surface area contributed by atoms with E-state index in [1.54, 1.807) is 18.2 Å². The molecule has 4 nitrogen and oxygen atoms in total. The molecule has 0 saturated carbocycles. The maximum absolute atomic E-state index is 14.1. The van der Waals surface area contributed by atoms with Gasteiger partial charge < -0.3 is 14.6 Å². The number of halogens is 3. The van der Waals surface area contributed by atoms with Crippen molar-refractivity contribution in [1.82, 2.24) is 4.98 Å². The lowest BCUT2D eigenvalue weighted by Gasteiger charge is -2.27. The van der Waals surface area contributed by atoms with E-state index in [1.807, 2.05) is 30.3 Å². The first-order valence-electron chi connectivity index (χ1n) is 8.77. The summed E-state index contributed by atoms with van der Waals surface area (Å²) in [5.74, 6) is -0.0308. The standard InChI is InChI=1S/C22H16BrClFNO3/c1-13-19-16(10-15(25)21(24)20(19)23)29-22(13,12-27)17-8-5-9-18(26-17)28-11-14-6-3-2-4-7-14/h2-10,27H,1,11-12H2. The molecule has 0 fully saturated rings. The van der Waals surface area contributed by atoms with Crippen LogP contribution < -0.4 is 9.47 Å². The molecule has 4 rings (SSSR count). The van der Waals surface area contributed by atoms with Crippen LogP contribution in [-0.4, -0.2) is 16.7 Å². The van der Waals surface area contributed by atoms with Gasteiger partial charge in [-0.1, -0.05) is 54.6 Å². The van der Waals surface area contributed by atoms with Crippen molar-refractivity contribution < 1.29 is 19.0 Å². The van der Waals surface area contributed by atoms with E-state index in [1.165, 1.54) is 6.07 Å². The van der Waals surface area contributed by atoms with Gasteiger partial charge in [-0.25, -0.2) is 9.37 Å². The third-order valence-electron chi connectivity index (χ3n) is 4.79. The van der Waals surface area contributed by atoms with Crippen LogP contribution in [0.1, 0.15) is 16.8 Å². The van der Waals surface area contributed by atoms with Gasteiger partial charge in [-0.2, -0.15) is 0 Å². The third kappa shape index (κ3) is 3.41. The lowest BCUT2D eigenvalue weighted by Crippen LogP contribution is -2.35. The van der Waals surface area contributed by atoms with E-state index in [0.717, 1.165) is 5.56 Å². The van der Waals surface area contributed by atoms with Crippen LogP contribution >= 0.6 is 27.5 Å². The molecule has 7 heteroatoms. The molecule has 0 amide bonds. The van der Waals surface area contributed by atoms with Crippen LogP contribution in [-0.2, 0) is 12.2 Å². The minimum atomic E-state index is -1.37. The van der Waals surface area contributed by atoms with Gasteiger partial charge in [0.25, 0.3) is 0 Å². The fourth-order valence-electron chi connectivity index (χ4n) is 3.25. The van der Waals surface area contributed by atoms with Crippen molar-refractivity contribution in [2.45, 2.75) is 12.2 Å². The molecule has 0 bridgehead atoms. The summed E-state index contributed by atoms with van der Waals surface area (Å²) >= 11 is 9.32. The van der Waals surface area contributed by atoms with Crippen molar-refractivity contribution in [2.75, 3.05) is 6.61 Å². The van der Waals surface area contributed by atoms with E-state index in [2.05, 4.69) is 27.5 Å². The van der Waals surface area contributed by atoms with Gasteiger partial charge in [0.1, 0.15) is 18.2 Å². The van der Waals surface area contributed by atoms with Gasteiger partial charge >= 0.3 is 0 Å².